The average Bonchev–Trinajstić information content (AvgIpc) is 2.75. The maximum atomic E-state index is 13.3. The van der Waals surface area contributed by atoms with Gasteiger partial charge in [-0.25, -0.2) is 8.78 Å². The molecule has 0 spiro atoms. The standard InChI is InChI=1S/C22H18F2N4O/c23-18-6-5-16(11-19(18)24)27-22(29)14-7-9-28(10-8-14)21-15(12-25)13-26-20-4-2-1-3-17(20)21/h1-6,11,13-14H,7-10H2,(H,27,29). The molecule has 1 amide bonds. The van der Waals surface area contributed by atoms with Crippen LogP contribution in [-0.2, 0) is 4.79 Å². The number of rotatable bonds is 3. The van der Waals surface area contributed by atoms with E-state index in [1.54, 1.807) is 6.20 Å². The van der Waals surface area contributed by atoms with Crippen LogP contribution in [0.4, 0.5) is 20.2 Å². The van der Waals surface area contributed by atoms with Crippen molar-refractivity contribution in [2.45, 2.75) is 12.8 Å². The maximum Gasteiger partial charge on any atom is 0.227 e. The lowest BCUT2D eigenvalue weighted by Gasteiger charge is -2.34. The molecule has 5 nitrogen and oxygen atoms in total. The highest BCUT2D eigenvalue weighted by Gasteiger charge is 2.27. The van der Waals surface area contributed by atoms with Crippen molar-refractivity contribution in [2.75, 3.05) is 23.3 Å². The van der Waals surface area contributed by atoms with Crippen LogP contribution in [0.2, 0.25) is 0 Å². The Morgan fingerprint density at radius 2 is 1.90 bits per heavy atom. The number of fused-ring (bicyclic) bond motifs is 1. The van der Waals surface area contributed by atoms with Gasteiger partial charge in [-0.05, 0) is 31.0 Å². The molecule has 1 aliphatic rings. The summed E-state index contributed by atoms with van der Waals surface area (Å²) >= 11 is 0. The predicted octanol–water partition coefficient (Wildman–Crippen LogP) is 4.24. The molecule has 0 atom stereocenters. The van der Waals surface area contributed by atoms with E-state index >= 15 is 0 Å². The summed E-state index contributed by atoms with van der Waals surface area (Å²) in [6.07, 6.45) is 2.77. The summed E-state index contributed by atoms with van der Waals surface area (Å²) in [5.41, 5.74) is 2.41. The fourth-order valence-corrected chi connectivity index (χ4v) is 3.73. The molecule has 1 aliphatic heterocycles. The first-order chi connectivity index (χ1) is 14.1. The lowest BCUT2D eigenvalue weighted by molar-refractivity contribution is -0.120. The molecule has 3 aromatic rings. The van der Waals surface area contributed by atoms with Crippen LogP contribution in [0.5, 0.6) is 0 Å². The summed E-state index contributed by atoms with van der Waals surface area (Å²) in [6, 6.07) is 13.2. The van der Waals surface area contributed by atoms with Crippen molar-refractivity contribution in [3.05, 3.63) is 65.9 Å². The normalized spacial score (nSPS) is 14.6. The average molecular weight is 392 g/mol. The highest BCUT2D eigenvalue weighted by atomic mass is 19.2. The Morgan fingerprint density at radius 3 is 2.62 bits per heavy atom. The monoisotopic (exact) mass is 392 g/mol. The second kappa shape index (κ2) is 7.84. The molecule has 1 N–H and O–H groups in total. The molecule has 0 bridgehead atoms. The number of carbonyl (C=O) groups excluding carboxylic acids is 1. The number of carbonyl (C=O) groups is 1. The van der Waals surface area contributed by atoms with E-state index in [-0.39, 0.29) is 17.5 Å². The summed E-state index contributed by atoms with van der Waals surface area (Å²) in [4.78, 5) is 19.0. The van der Waals surface area contributed by atoms with Crippen LogP contribution in [0.15, 0.2) is 48.7 Å². The first-order valence-electron chi connectivity index (χ1n) is 9.35. The number of nitrogens with zero attached hydrogens (tertiary/aromatic N) is 3. The summed E-state index contributed by atoms with van der Waals surface area (Å²) < 4.78 is 26.4. The summed E-state index contributed by atoms with van der Waals surface area (Å²) in [6.45, 7) is 1.22. The molecule has 146 valence electrons. The van der Waals surface area contributed by atoms with E-state index in [2.05, 4.69) is 21.3 Å². The third-order valence-electron chi connectivity index (χ3n) is 5.24. The zero-order valence-corrected chi connectivity index (χ0v) is 15.5. The van der Waals surface area contributed by atoms with Crippen LogP contribution in [0.3, 0.4) is 0 Å². The number of para-hydroxylation sites is 1. The number of aromatic nitrogens is 1. The summed E-state index contributed by atoms with van der Waals surface area (Å²) in [5.74, 6) is -2.39. The predicted molar refractivity (Wildman–Crippen MR) is 106 cm³/mol. The minimum Gasteiger partial charge on any atom is -0.370 e. The minimum atomic E-state index is -0.994. The fraction of sp³-hybridized carbons (Fsp3) is 0.227. The Hall–Kier alpha value is -3.53. The van der Waals surface area contributed by atoms with Crippen LogP contribution in [-0.4, -0.2) is 24.0 Å². The first kappa shape index (κ1) is 18.8. The van der Waals surface area contributed by atoms with E-state index in [1.165, 1.54) is 6.07 Å². The van der Waals surface area contributed by atoms with Crippen molar-refractivity contribution >= 4 is 28.2 Å². The van der Waals surface area contributed by atoms with E-state index in [1.807, 2.05) is 24.3 Å². The molecule has 0 saturated carbocycles. The van der Waals surface area contributed by atoms with Gasteiger partial charge < -0.3 is 10.2 Å². The van der Waals surface area contributed by atoms with Crippen LogP contribution in [0, 0.1) is 28.9 Å². The van der Waals surface area contributed by atoms with Gasteiger partial charge in [0.25, 0.3) is 0 Å². The van der Waals surface area contributed by atoms with Gasteiger partial charge in [0.2, 0.25) is 5.91 Å². The number of benzene rings is 2. The molecule has 1 saturated heterocycles. The van der Waals surface area contributed by atoms with Crippen molar-refractivity contribution in [1.29, 1.82) is 5.26 Å². The van der Waals surface area contributed by atoms with E-state index < -0.39 is 11.6 Å². The SMILES string of the molecule is N#Cc1cnc2ccccc2c1N1CCC(C(=O)Nc2ccc(F)c(F)c2)CC1. The smallest absolute Gasteiger partial charge is 0.227 e. The molecule has 1 aromatic heterocycles. The second-order valence-corrected chi connectivity index (χ2v) is 7.03. The summed E-state index contributed by atoms with van der Waals surface area (Å²) in [7, 11) is 0. The van der Waals surface area contributed by atoms with Gasteiger partial charge in [-0.1, -0.05) is 18.2 Å². The van der Waals surface area contributed by atoms with Gasteiger partial charge >= 0.3 is 0 Å². The molecule has 2 aromatic carbocycles. The molecule has 1 fully saturated rings. The van der Waals surface area contributed by atoms with Crippen LogP contribution in [0.1, 0.15) is 18.4 Å². The van der Waals surface area contributed by atoms with Gasteiger partial charge in [-0.15, -0.1) is 0 Å². The number of anilines is 2. The van der Waals surface area contributed by atoms with Crippen molar-refractivity contribution in [1.82, 2.24) is 4.98 Å². The number of nitriles is 1. The van der Waals surface area contributed by atoms with Gasteiger partial charge in [0.05, 0.1) is 16.8 Å². The Labute approximate surface area is 166 Å². The van der Waals surface area contributed by atoms with Crippen molar-refractivity contribution in [2.24, 2.45) is 5.92 Å². The molecule has 4 rings (SSSR count). The number of pyridine rings is 1. The number of hydrogen-bond donors (Lipinski definition) is 1. The first-order valence-corrected chi connectivity index (χ1v) is 9.35. The van der Waals surface area contributed by atoms with Crippen molar-refractivity contribution in [3.8, 4) is 6.07 Å². The van der Waals surface area contributed by atoms with Crippen LogP contribution >= 0.6 is 0 Å². The Balaban J connectivity index is 1.48. The number of halogens is 2. The van der Waals surface area contributed by atoms with E-state index in [0.29, 0.717) is 31.5 Å². The summed E-state index contributed by atoms with van der Waals surface area (Å²) in [5, 5.41) is 13.1. The number of hydrogen-bond acceptors (Lipinski definition) is 4. The van der Waals surface area contributed by atoms with Gasteiger partial charge in [-0.3, -0.25) is 9.78 Å². The molecule has 0 aliphatic carbocycles. The molecule has 7 heteroatoms. The van der Waals surface area contributed by atoms with E-state index in [4.69, 9.17) is 0 Å². The highest BCUT2D eigenvalue weighted by molar-refractivity contribution is 5.95. The number of nitrogens with one attached hydrogen (secondary N) is 1. The zero-order chi connectivity index (χ0) is 20.4. The van der Waals surface area contributed by atoms with Gasteiger partial charge in [0.15, 0.2) is 11.6 Å². The Kier molecular flexibility index (Phi) is 5.09. The largest absolute Gasteiger partial charge is 0.370 e. The number of amides is 1. The third-order valence-corrected chi connectivity index (χ3v) is 5.24. The van der Waals surface area contributed by atoms with Crippen LogP contribution < -0.4 is 10.2 Å². The van der Waals surface area contributed by atoms with Gasteiger partial charge in [0.1, 0.15) is 6.07 Å². The Bertz CT molecular complexity index is 1120. The zero-order valence-electron chi connectivity index (χ0n) is 15.5. The molecule has 29 heavy (non-hydrogen) atoms. The molecule has 0 radical (unpaired) electrons. The van der Waals surface area contributed by atoms with Gasteiger partial charge in [0, 0.05) is 42.3 Å². The molecular weight excluding hydrogens is 374 g/mol. The van der Waals surface area contributed by atoms with Crippen LogP contribution in [0.25, 0.3) is 10.9 Å². The topological polar surface area (TPSA) is 69.0 Å². The Morgan fingerprint density at radius 1 is 1.14 bits per heavy atom. The van der Waals surface area contributed by atoms with E-state index in [9.17, 15) is 18.8 Å². The molecule has 0 unspecified atom stereocenters. The maximum absolute atomic E-state index is 13.3. The number of piperidine rings is 1. The third kappa shape index (κ3) is 3.74. The molecule has 2 heterocycles. The van der Waals surface area contributed by atoms with Crippen molar-refractivity contribution < 1.29 is 13.6 Å². The minimum absolute atomic E-state index is 0.212. The fourth-order valence-electron chi connectivity index (χ4n) is 3.73. The second-order valence-electron chi connectivity index (χ2n) is 7.03. The van der Waals surface area contributed by atoms with Gasteiger partial charge in [-0.2, -0.15) is 5.26 Å². The van der Waals surface area contributed by atoms with Crippen molar-refractivity contribution in [3.63, 3.8) is 0 Å². The van der Waals surface area contributed by atoms with E-state index in [0.717, 1.165) is 28.7 Å². The highest BCUT2D eigenvalue weighted by Crippen LogP contribution is 2.32. The lowest BCUT2D eigenvalue weighted by atomic mass is 9.94. The quantitative estimate of drug-likeness (QED) is 0.724. The molecular formula is C22H18F2N4O. The lowest BCUT2D eigenvalue weighted by Crippen LogP contribution is -2.38.